The average molecular weight is 865 g/mol. The van der Waals surface area contributed by atoms with E-state index in [1.165, 1.54) is 64.2 Å². The summed E-state index contributed by atoms with van der Waals surface area (Å²) in [7, 11) is 0. The zero-order valence-corrected chi connectivity index (χ0v) is 40.6. The summed E-state index contributed by atoms with van der Waals surface area (Å²) in [4.78, 5) is 38.0. The molecule has 0 aromatic heterocycles. The molecule has 0 heterocycles. The van der Waals surface area contributed by atoms with Gasteiger partial charge in [-0.2, -0.15) is 0 Å². The van der Waals surface area contributed by atoms with Gasteiger partial charge in [0.05, 0.1) is 0 Å². The molecule has 0 aromatic carbocycles. The molecule has 356 valence electrons. The molecule has 0 fully saturated rings. The Hall–Kier alpha value is -3.15. The number of allylic oxidation sites excluding steroid dienone is 12. The maximum Gasteiger partial charge on any atom is 0.306 e. The normalized spacial score (nSPS) is 12.6. The van der Waals surface area contributed by atoms with Gasteiger partial charge in [0.15, 0.2) is 6.10 Å². The lowest BCUT2D eigenvalue weighted by Gasteiger charge is -2.18. The highest BCUT2D eigenvalue weighted by Gasteiger charge is 2.19. The Labute approximate surface area is 382 Å². The Morgan fingerprint density at radius 1 is 0.323 bits per heavy atom. The maximum atomic E-state index is 12.8. The van der Waals surface area contributed by atoms with Crippen molar-refractivity contribution in [3.05, 3.63) is 72.9 Å². The molecule has 1 unspecified atom stereocenters. The van der Waals surface area contributed by atoms with Gasteiger partial charge < -0.3 is 14.2 Å². The van der Waals surface area contributed by atoms with Crippen molar-refractivity contribution in [2.45, 2.75) is 252 Å². The van der Waals surface area contributed by atoms with Crippen LogP contribution in [0.25, 0.3) is 0 Å². The van der Waals surface area contributed by atoms with Crippen LogP contribution in [-0.4, -0.2) is 37.2 Å². The van der Waals surface area contributed by atoms with Gasteiger partial charge in [0.2, 0.25) is 0 Å². The number of carbonyl (C=O) groups is 3. The first-order chi connectivity index (χ1) is 30.5. The summed E-state index contributed by atoms with van der Waals surface area (Å²) in [5.41, 5.74) is 0. The van der Waals surface area contributed by atoms with Crippen LogP contribution in [0.1, 0.15) is 245 Å². The molecule has 0 saturated heterocycles. The zero-order chi connectivity index (χ0) is 45.1. The number of hydrogen-bond donors (Lipinski definition) is 0. The van der Waals surface area contributed by atoms with E-state index in [-0.39, 0.29) is 31.1 Å². The third kappa shape index (κ3) is 47.9. The van der Waals surface area contributed by atoms with Gasteiger partial charge in [-0.1, -0.05) is 190 Å². The minimum absolute atomic E-state index is 0.0934. The number of unbranched alkanes of at least 4 members (excludes halogenated alkanes) is 23. The predicted octanol–water partition coefficient (Wildman–Crippen LogP) is 17.0. The van der Waals surface area contributed by atoms with Crippen LogP contribution in [0.2, 0.25) is 0 Å². The van der Waals surface area contributed by atoms with Gasteiger partial charge in [0.1, 0.15) is 13.2 Å². The third-order valence-electron chi connectivity index (χ3n) is 10.9. The summed E-state index contributed by atoms with van der Waals surface area (Å²) >= 11 is 0. The molecule has 6 heteroatoms. The Morgan fingerprint density at radius 2 is 0.613 bits per heavy atom. The first-order valence-electron chi connectivity index (χ1n) is 25.9. The van der Waals surface area contributed by atoms with Crippen molar-refractivity contribution in [2.75, 3.05) is 13.2 Å². The second-order valence-electron chi connectivity index (χ2n) is 17.1. The van der Waals surface area contributed by atoms with Gasteiger partial charge in [0, 0.05) is 19.3 Å². The van der Waals surface area contributed by atoms with E-state index in [4.69, 9.17) is 14.2 Å². The number of carbonyl (C=O) groups excluding carboxylic acids is 3. The van der Waals surface area contributed by atoms with Crippen molar-refractivity contribution in [1.29, 1.82) is 0 Å². The molecular weight excluding hydrogens is 769 g/mol. The molecule has 0 rings (SSSR count). The molecular formula is C56H96O6. The Balaban J connectivity index is 4.45. The first-order valence-corrected chi connectivity index (χ1v) is 25.9. The molecule has 0 aliphatic carbocycles. The number of rotatable bonds is 46. The molecule has 0 aliphatic heterocycles. The van der Waals surface area contributed by atoms with Crippen LogP contribution in [0.3, 0.4) is 0 Å². The van der Waals surface area contributed by atoms with Crippen LogP contribution in [0.15, 0.2) is 72.9 Å². The lowest BCUT2D eigenvalue weighted by molar-refractivity contribution is -0.167. The molecule has 0 N–H and O–H groups in total. The highest BCUT2D eigenvalue weighted by Crippen LogP contribution is 2.13. The fourth-order valence-corrected chi connectivity index (χ4v) is 6.95. The van der Waals surface area contributed by atoms with Gasteiger partial charge in [0.25, 0.3) is 0 Å². The first kappa shape index (κ1) is 58.9. The van der Waals surface area contributed by atoms with Crippen LogP contribution in [0.4, 0.5) is 0 Å². The van der Waals surface area contributed by atoms with Crippen molar-refractivity contribution >= 4 is 17.9 Å². The van der Waals surface area contributed by atoms with Gasteiger partial charge >= 0.3 is 17.9 Å². The Morgan fingerprint density at radius 3 is 0.984 bits per heavy atom. The molecule has 0 radical (unpaired) electrons. The molecule has 0 aromatic rings. The zero-order valence-electron chi connectivity index (χ0n) is 40.6. The van der Waals surface area contributed by atoms with Crippen LogP contribution < -0.4 is 0 Å². The molecule has 1 atom stereocenters. The third-order valence-corrected chi connectivity index (χ3v) is 10.9. The highest BCUT2D eigenvalue weighted by molar-refractivity contribution is 5.71. The minimum Gasteiger partial charge on any atom is -0.462 e. The fraction of sp³-hybridized carbons (Fsp3) is 0.732. The topological polar surface area (TPSA) is 78.9 Å². The Bertz CT molecular complexity index is 1180. The second-order valence-corrected chi connectivity index (χ2v) is 17.1. The van der Waals surface area contributed by atoms with Crippen molar-refractivity contribution in [3.8, 4) is 0 Å². The maximum absolute atomic E-state index is 12.8. The fourth-order valence-electron chi connectivity index (χ4n) is 6.95. The van der Waals surface area contributed by atoms with Gasteiger partial charge in [-0.15, -0.1) is 0 Å². The summed E-state index contributed by atoms with van der Waals surface area (Å²) in [6.07, 6.45) is 63.0. The van der Waals surface area contributed by atoms with E-state index in [1.54, 1.807) is 0 Å². The average Bonchev–Trinajstić information content (AvgIpc) is 3.27. The van der Waals surface area contributed by atoms with Crippen LogP contribution in [-0.2, 0) is 28.6 Å². The highest BCUT2D eigenvalue weighted by atomic mass is 16.6. The van der Waals surface area contributed by atoms with E-state index >= 15 is 0 Å². The molecule has 0 aliphatic rings. The summed E-state index contributed by atoms with van der Waals surface area (Å²) in [5.74, 6) is -0.933. The van der Waals surface area contributed by atoms with Crippen LogP contribution >= 0.6 is 0 Å². The Kier molecular flexibility index (Phi) is 47.9. The van der Waals surface area contributed by atoms with E-state index in [0.29, 0.717) is 19.3 Å². The van der Waals surface area contributed by atoms with Crippen LogP contribution in [0, 0.1) is 0 Å². The monoisotopic (exact) mass is 865 g/mol. The molecule has 0 bridgehead atoms. The van der Waals surface area contributed by atoms with Gasteiger partial charge in [-0.05, 0) is 109 Å². The SMILES string of the molecule is CCC/C=C\C/C=C\CCCCCCCC(=O)OCC(COC(=O)CCCCCCC/C=C\C/C=C\CCCCCC)OC(=O)CCCCCCC/C=C\C/C=C\CCCCC. The second kappa shape index (κ2) is 50.5. The summed E-state index contributed by atoms with van der Waals surface area (Å²) in [6.45, 7) is 6.49. The largest absolute Gasteiger partial charge is 0.462 e. The van der Waals surface area contributed by atoms with E-state index in [0.717, 1.165) is 141 Å². The number of esters is 3. The summed E-state index contributed by atoms with van der Waals surface area (Å²) in [5, 5.41) is 0. The van der Waals surface area contributed by atoms with E-state index in [1.807, 2.05) is 0 Å². The summed E-state index contributed by atoms with van der Waals surface area (Å²) < 4.78 is 16.8. The quantitative estimate of drug-likeness (QED) is 0.0262. The van der Waals surface area contributed by atoms with Gasteiger partial charge in [-0.25, -0.2) is 0 Å². The van der Waals surface area contributed by atoms with Crippen LogP contribution in [0.5, 0.6) is 0 Å². The van der Waals surface area contributed by atoms with Gasteiger partial charge in [-0.3, -0.25) is 14.4 Å². The predicted molar refractivity (Wildman–Crippen MR) is 265 cm³/mol. The molecule has 0 amide bonds. The molecule has 62 heavy (non-hydrogen) atoms. The molecule has 0 saturated carbocycles. The lowest BCUT2D eigenvalue weighted by Crippen LogP contribution is -2.30. The molecule has 6 nitrogen and oxygen atoms in total. The number of ether oxygens (including phenoxy) is 3. The smallest absolute Gasteiger partial charge is 0.306 e. The lowest BCUT2D eigenvalue weighted by atomic mass is 10.1. The van der Waals surface area contributed by atoms with E-state index in [9.17, 15) is 14.4 Å². The molecule has 0 spiro atoms. The van der Waals surface area contributed by atoms with Crippen molar-refractivity contribution < 1.29 is 28.6 Å². The van der Waals surface area contributed by atoms with Crippen molar-refractivity contribution in [3.63, 3.8) is 0 Å². The standard InChI is InChI=1S/C56H96O6/c1-4-7-10-13-16-19-22-25-27-29-31-34-37-40-43-46-49-55(58)61-52-53(51-60-54(57)48-45-42-39-36-33-30-24-21-18-15-12-9-6-3)62-56(59)50-47-44-41-38-35-32-28-26-23-20-17-14-11-8-5-2/h12,15,17,19-22,24,26-29,53H,4-11,13-14,16,18,23,25,30-52H2,1-3H3/b15-12-,20-17-,22-19-,24-21-,28-26-,29-27-. The van der Waals surface area contributed by atoms with E-state index in [2.05, 4.69) is 93.7 Å². The van der Waals surface area contributed by atoms with Crippen molar-refractivity contribution in [2.24, 2.45) is 0 Å². The minimum atomic E-state index is -0.794. The van der Waals surface area contributed by atoms with E-state index < -0.39 is 6.10 Å². The summed E-state index contributed by atoms with van der Waals surface area (Å²) in [6, 6.07) is 0. The number of hydrogen-bond acceptors (Lipinski definition) is 6. The van der Waals surface area contributed by atoms with Crippen molar-refractivity contribution in [1.82, 2.24) is 0 Å².